The average Bonchev–Trinajstić information content (AvgIpc) is 3.06. The molecule has 2 heteroatoms. The number of ketones is 2. The summed E-state index contributed by atoms with van der Waals surface area (Å²) in [7, 11) is 0. The van der Waals surface area contributed by atoms with Crippen LogP contribution in [0.25, 0.3) is 0 Å². The van der Waals surface area contributed by atoms with Crippen LogP contribution >= 0.6 is 0 Å². The van der Waals surface area contributed by atoms with Gasteiger partial charge in [-0.1, -0.05) is 24.3 Å². The van der Waals surface area contributed by atoms with Crippen LogP contribution in [0, 0.1) is 47.3 Å². The number of hydrogen-bond donors (Lipinski definition) is 0. The van der Waals surface area contributed by atoms with Crippen LogP contribution in [0.1, 0.15) is 19.3 Å². The number of Topliss-reactive ketones (excluding diaryl/α,β-unsaturated/α-hetero) is 2. The van der Waals surface area contributed by atoms with Crippen molar-refractivity contribution >= 4 is 11.6 Å². The zero-order valence-electron chi connectivity index (χ0n) is 10.9. The third-order valence-electron chi connectivity index (χ3n) is 6.52. The topological polar surface area (TPSA) is 34.1 Å². The largest absolute Gasteiger partial charge is 0.299 e. The van der Waals surface area contributed by atoms with E-state index in [9.17, 15) is 9.59 Å². The van der Waals surface area contributed by atoms with Crippen molar-refractivity contribution in [3.8, 4) is 0 Å². The SMILES string of the molecule is O=C1[C@@H]2[C@H](C(=O)[C@H]3[C@H]1[C@H]1C=C[C@H]3CC1)[C@H]1C=C[C@H]2C1. The van der Waals surface area contributed by atoms with Gasteiger partial charge in [0.25, 0.3) is 0 Å². The Morgan fingerprint density at radius 3 is 1.42 bits per heavy atom. The van der Waals surface area contributed by atoms with Gasteiger partial charge in [-0.3, -0.25) is 9.59 Å². The molecule has 0 radical (unpaired) electrons. The van der Waals surface area contributed by atoms with E-state index in [1.54, 1.807) is 0 Å². The predicted molar refractivity (Wildman–Crippen MR) is 70.1 cm³/mol. The lowest BCUT2D eigenvalue weighted by Crippen LogP contribution is -2.56. The highest BCUT2D eigenvalue weighted by atomic mass is 16.1. The molecule has 2 nitrogen and oxygen atoms in total. The molecule has 0 heterocycles. The molecular formula is C17H18O2. The molecule has 0 unspecified atom stereocenters. The van der Waals surface area contributed by atoms with Crippen molar-refractivity contribution in [2.75, 3.05) is 0 Å². The van der Waals surface area contributed by atoms with Crippen LogP contribution in [0.2, 0.25) is 0 Å². The molecule has 6 rings (SSSR count). The molecule has 6 aliphatic carbocycles. The first-order valence-corrected chi connectivity index (χ1v) is 7.70. The summed E-state index contributed by atoms with van der Waals surface area (Å²) in [5.41, 5.74) is 0. The van der Waals surface area contributed by atoms with E-state index in [4.69, 9.17) is 0 Å². The van der Waals surface area contributed by atoms with Crippen molar-refractivity contribution in [2.45, 2.75) is 19.3 Å². The van der Waals surface area contributed by atoms with Gasteiger partial charge >= 0.3 is 0 Å². The molecule has 3 saturated carbocycles. The van der Waals surface area contributed by atoms with Crippen LogP contribution in [0.5, 0.6) is 0 Å². The Labute approximate surface area is 112 Å². The Balaban J connectivity index is 1.64. The van der Waals surface area contributed by atoms with Gasteiger partial charge in [-0.2, -0.15) is 0 Å². The van der Waals surface area contributed by atoms with Crippen LogP contribution in [0.15, 0.2) is 24.3 Å². The van der Waals surface area contributed by atoms with Crippen molar-refractivity contribution in [1.82, 2.24) is 0 Å². The molecule has 8 atom stereocenters. The van der Waals surface area contributed by atoms with Crippen LogP contribution in [0.4, 0.5) is 0 Å². The average molecular weight is 254 g/mol. The fourth-order valence-electron chi connectivity index (χ4n) is 5.81. The monoisotopic (exact) mass is 254 g/mol. The molecule has 0 aromatic rings. The molecule has 0 aromatic heterocycles. The molecule has 0 amide bonds. The molecular weight excluding hydrogens is 236 g/mol. The van der Waals surface area contributed by atoms with E-state index >= 15 is 0 Å². The second kappa shape index (κ2) is 3.28. The highest BCUT2D eigenvalue weighted by Gasteiger charge is 2.62. The summed E-state index contributed by atoms with van der Waals surface area (Å²) in [5.74, 6) is 2.47. The number of carbonyl (C=O) groups is 2. The normalized spacial score (nSPS) is 56.6. The molecule has 0 aromatic carbocycles. The third kappa shape index (κ3) is 1.11. The number of fused-ring (bicyclic) bond motifs is 6. The maximum absolute atomic E-state index is 12.9. The van der Waals surface area contributed by atoms with Crippen LogP contribution in [0.3, 0.4) is 0 Å². The van der Waals surface area contributed by atoms with E-state index in [1.165, 1.54) is 0 Å². The second-order valence-corrected chi connectivity index (χ2v) is 7.15. The van der Waals surface area contributed by atoms with E-state index < -0.39 is 0 Å². The summed E-state index contributed by atoms with van der Waals surface area (Å²) < 4.78 is 0. The molecule has 3 fully saturated rings. The first-order valence-electron chi connectivity index (χ1n) is 7.70. The Morgan fingerprint density at radius 2 is 1.00 bits per heavy atom. The zero-order chi connectivity index (χ0) is 12.7. The van der Waals surface area contributed by atoms with Crippen LogP contribution in [-0.2, 0) is 9.59 Å². The van der Waals surface area contributed by atoms with Crippen LogP contribution in [-0.4, -0.2) is 11.6 Å². The fraction of sp³-hybridized carbons (Fsp3) is 0.647. The Bertz CT molecular complexity index is 497. The van der Waals surface area contributed by atoms with E-state index in [0.717, 1.165) is 19.3 Å². The van der Waals surface area contributed by atoms with Gasteiger partial charge in [0.1, 0.15) is 11.6 Å². The lowest BCUT2D eigenvalue weighted by atomic mass is 9.51. The van der Waals surface area contributed by atoms with Gasteiger partial charge in [0.05, 0.1) is 0 Å². The molecule has 98 valence electrons. The van der Waals surface area contributed by atoms with Gasteiger partial charge in [0.15, 0.2) is 0 Å². The Hall–Kier alpha value is -1.18. The van der Waals surface area contributed by atoms with E-state index in [-0.39, 0.29) is 23.7 Å². The van der Waals surface area contributed by atoms with Gasteiger partial charge < -0.3 is 0 Å². The van der Waals surface area contributed by atoms with Crippen molar-refractivity contribution in [3.05, 3.63) is 24.3 Å². The summed E-state index contributed by atoms with van der Waals surface area (Å²) in [6, 6.07) is 0. The summed E-state index contributed by atoms with van der Waals surface area (Å²) in [4.78, 5) is 25.9. The van der Waals surface area contributed by atoms with Crippen LogP contribution < -0.4 is 0 Å². The Kier molecular flexibility index (Phi) is 1.83. The molecule has 0 saturated heterocycles. The Morgan fingerprint density at radius 1 is 0.632 bits per heavy atom. The highest BCUT2D eigenvalue weighted by molar-refractivity contribution is 6.01. The lowest BCUT2D eigenvalue weighted by Gasteiger charge is -2.50. The minimum Gasteiger partial charge on any atom is -0.299 e. The van der Waals surface area contributed by atoms with Gasteiger partial charge in [-0.05, 0) is 42.9 Å². The van der Waals surface area contributed by atoms with Crippen molar-refractivity contribution in [2.24, 2.45) is 47.3 Å². The highest BCUT2D eigenvalue weighted by Crippen LogP contribution is 2.58. The van der Waals surface area contributed by atoms with E-state index in [2.05, 4.69) is 24.3 Å². The summed E-state index contributed by atoms with van der Waals surface area (Å²) in [5, 5.41) is 0. The number of rotatable bonds is 0. The van der Waals surface area contributed by atoms with Crippen molar-refractivity contribution in [1.29, 1.82) is 0 Å². The minimum absolute atomic E-state index is 0.0326. The first-order chi connectivity index (χ1) is 9.25. The van der Waals surface area contributed by atoms with Gasteiger partial charge in [-0.15, -0.1) is 0 Å². The number of allylic oxidation sites excluding steroid dienone is 4. The second-order valence-electron chi connectivity index (χ2n) is 7.15. The molecule has 19 heavy (non-hydrogen) atoms. The summed E-state index contributed by atoms with van der Waals surface area (Å²) in [6.45, 7) is 0. The fourth-order valence-corrected chi connectivity index (χ4v) is 5.81. The number of hydrogen-bond acceptors (Lipinski definition) is 2. The van der Waals surface area contributed by atoms with E-state index in [0.29, 0.717) is 35.2 Å². The molecule has 0 spiro atoms. The minimum atomic E-state index is 0.0326. The van der Waals surface area contributed by atoms with Gasteiger partial charge in [0.2, 0.25) is 0 Å². The molecule has 0 aliphatic heterocycles. The van der Waals surface area contributed by atoms with Gasteiger partial charge in [-0.25, -0.2) is 0 Å². The quantitative estimate of drug-likeness (QED) is 0.622. The van der Waals surface area contributed by atoms with Crippen molar-refractivity contribution in [3.63, 3.8) is 0 Å². The molecule has 4 bridgehead atoms. The summed E-state index contributed by atoms with van der Waals surface area (Å²) >= 11 is 0. The van der Waals surface area contributed by atoms with Gasteiger partial charge in [0, 0.05) is 23.7 Å². The third-order valence-corrected chi connectivity index (χ3v) is 6.52. The molecule has 0 N–H and O–H groups in total. The zero-order valence-corrected chi connectivity index (χ0v) is 10.9. The van der Waals surface area contributed by atoms with E-state index in [1.807, 2.05) is 0 Å². The molecule has 6 aliphatic rings. The number of carbonyl (C=O) groups excluding carboxylic acids is 2. The van der Waals surface area contributed by atoms with Crippen molar-refractivity contribution < 1.29 is 9.59 Å². The summed E-state index contributed by atoms with van der Waals surface area (Å²) in [6.07, 6.45) is 12.1. The predicted octanol–water partition coefficient (Wildman–Crippen LogP) is 2.40. The lowest BCUT2D eigenvalue weighted by molar-refractivity contribution is -0.154. The smallest absolute Gasteiger partial charge is 0.141 e. The maximum Gasteiger partial charge on any atom is 0.141 e. The first kappa shape index (κ1) is 10.6. The standard InChI is InChI=1S/C17H18O2/c18-16-12-8-1-2-9(4-3-8)13(12)17(19)15-11-6-5-10(7-11)14(15)16/h1-2,5-6,8-15H,3-4,7H2/t8-,9-,10-,11-,12+,13+,14-,15+/m0/s1. The maximum atomic E-state index is 12.9.